The van der Waals surface area contributed by atoms with Gasteiger partial charge < -0.3 is 5.32 Å². The summed E-state index contributed by atoms with van der Waals surface area (Å²) < 4.78 is 0. The van der Waals surface area contributed by atoms with Crippen LogP contribution in [0, 0.1) is 0 Å². The zero-order valence-corrected chi connectivity index (χ0v) is 6.75. The van der Waals surface area contributed by atoms with Gasteiger partial charge >= 0.3 is 0 Å². The van der Waals surface area contributed by atoms with E-state index in [1.165, 1.54) is 0 Å². The van der Waals surface area contributed by atoms with Crippen LogP contribution >= 0.6 is 0 Å². The molecule has 2 aromatic heterocycles. The zero-order chi connectivity index (χ0) is 8.93. The largest absolute Gasteiger partial charge is 0.322 e. The van der Waals surface area contributed by atoms with Crippen molar-refractivity contribution < 1.29 is 0 Å². The van der Waals surface area contributed by atoms with Gasteiger partial charge in [-0.3, -0.25) is 9.97 Å². The van der Waals surface area contributed by atoms with Gasteiger partial charge in [-0.2, -0.15) is 0 Å². The highest BCUT2D eigenvalue weighted by molar-refractivity contribution is 5.47. The molecule has 0 unspecified atom stereocenters. The monoisotopic (exact) mass is 173 g/mol. The first-order valence-electron chi connectivity index (χ1n) is 3.74. The van der Waals surface area contributed by atoms with Crippen molar-refractivity contribution >= 4 is 11.6 Å². The first-order valence-corrected chi connectivity index (χ1v) is 3.74. The molecular formula is C8H7N5. The summed E-state index contributed by atoms with van der Waals surface area (Å²) >= 11 is 0. The van der Waals surface area contributed by atoms with Crippen LogP contribution in [0.25, 0.3) is 0 Å². The summed E-state index contributed by atoms with van der Waals surface area (Å²) in [7, 11) is 0. The smallest absolute Gasteiger partial charge is 0.150 e. The van der Waals surface area contributed by atoms with Crippen LogP contribution in [-0.4, -0.2) is 19.9 Å². The van der Waals surface area contributed by atoms with Crippen molar-refractivity contribution in [1.29, 1.82) is 0 Å². The normalized spacial score (nSPS) is 9.54. The molecule has 0 aliphatic carbocycles. The third kappa shape index (κ3) is 1.96. The molecule has 0 atom stereocenters. The van der Waals surface area contributed by atoms with Crippen molar-refractivity contribution in [2.45, 2.75) is 0 Å². The highest BCUT2D eigenvalue weighted by Crippen LogP contribution is 2.06. The van der Waals surface area contributed by atoms with Crippen molar-refractivity contribution in [1.82, 2.24) is 19.9 Å². The van der Waals surface area contributed by atoms with Gasteiger partial charge in [0.05, 0.1) is 12.4 Å². The highest BCUT2D eigenvalue weighted by Gasteiger charge is 1.94. The minimum atomic E-state index is 0.656. The van der Waals surface area contributed by atoms with Gasteiger partial charge in [0.2, 0.25) is 0 Å². The van der Waals surface area contributed by atoms with Crippen LogP contribution in [0.2, 0.25) is 0 Å². The third-order valence-corrected chi connectivity index (χ3v) is 1.38. The summed E-state index contributed by atoms with van der Waals surface area (Å²) in [6.07, 6.45) is 9.68. The molecule has 5 nitrogen and oxygen atoms in total. The van der Waals surface area contributed by atoms with E-state index in [9.17, 15) is 0 Å². The Kier molecular flexibility index (Phi) is 2.09. The number of hydrogen-bond acceptors (Lipinski definition) is 5. The van der Waals surface area contributed by atoms with Crippen molar-refractivity contribution in [3.63, 3.8) is 0 Å². The minimum Gasteiger partial charge on any atom is -0.322 e. The first kappa shape index (κ1) is 7.60. The lowest BCUT2D eigenvalue weighted by Crippen LogP contribution is -1.95. The Balaban J connectivity index is 2.16. The van der Waals surface area contributed by atoms with Crippen LogP contribution in [0.3, 0.4) is 0 Å². The SMILES string of the molecule is c1cnc(Nc2cnccn2)cn1. The van der Waals surface area contributed by atoms with Crippen molar-refractivity contribution in [3.05, 3.63) is 37.2 Å². The predicted octanol–water partition coefficient (Wildman–Crippen LogP) is 1.01. The van der Waals surface area contributed by atoms with E-state index in [4.69, 9.17) is 0 Å². The fourth-order valence-electron chi connectivity index (χ4n) is 0.858. The third-order valence-electron chi connectivity index (χ3n) is 1.38. The molecule has 1 N–H and O–H groups in total. The molecule has 0 fully saturated rings. The van der Waals surface area contributed by atoms with E-state index in [1.54, 1.807) is 37.2 Å². The van der Waals surface area contributed by atoms with Gasteiger partial charge in [0.1, 0.15) is 11.6 Å². The van der Waals surface area contributed by atoms with E-state index in [2.05, 4.69) is 25.3 Å². The molecular weight excluding hydrogens is 166 g/mol. The molecule has 2 rings (SSSR count). The van der Waals surface area contributed by atoms with E-state index in [0.29, 0.717) is 11.6 Å². The van der Waals surface area contributed by atoms with Crippen LogP contribution in [0.4, 0.5) is 11.6 Å². The molecule has 2 heterocycles. The second kappa shape index (κ2) is 3.57. The van der Waals surface area contributed by atoms with Crippen LogP contribution < -0.4 is 5.32 Å². The van der Waals surface area contributed by atoms with E-state index in [1.807, 2.05) is 0 Å². The second-order valence-corrected chi connectivity index (χ2v) is 2.31. The van der Waals surface area contributed by atoms with Gasteiger partial charge in [0.15, 0.2) is 0 Å². The molecule has 0 spiro atoms. The number of aromatic nitrogens is 4. The maximum absolute atomic E-state index is 4.03. The maximum Gasteiger partial charge on any atom is 0.150 e. The topological polar surface area (TPSA) is 63.6 Å². The molecule has 0 aliphatic heterocycles. The second-order valence-electron chi connectivity index (χ2n) is 2.31. The molecule has 64 valence electrons. The summed E-state index contributed by atoms with van der Waals surface area (Å²) in [5, 5.41) is 2.96. The average molecular weight is 173 g/mol. The van der Waals surface area contributed by atoms with Gasteiger partial charge in [0, 0.05) is 24.8 Å². The number of hydrogen-bond donors (Lipinski definition) is 1. The van der Waals surface area contributed by atoms with Crippen molar-refractivity contribution in [2.75, 3.05) is 5.32 Å². The number of anilines is 2. The summed E-state index contributed by atoms with van der Waals surface area (Å²) in [5.41, 5.74) is 0. The van der Waals surface area contributed by atoms with Gasteiger partial charge in [-0.1, -0.05) is 0 Å². The standard InChI is InChI=1S/C8H7N5/c1-3-11-7(5-9-1)13-8-6-10-2-4-12-8/h1-6H,(H,11,12,13). The van der Waals surface area contributed by atoms with E-state index < -0.39 is 0 Å². The maximum atomic E-state index is 4.03. The van der Waals surface area contributed by atoms with Gasteiger partial charge in [-0.25, -0.2) is 9.97 Å². The van der Waals surface area contributed by atoms with Crippen LogP contribution in [0.5, 0.6) is 0 Å². The zero-order valence-electron chi connectivity index (χ0n) is 6.75. The summed E-state index contributed by atoms with van der Waals surface area (Å²) in [6, 6.07) is 0. The fourth-order valence-corrected chi connectivity index (χ4v) is 0.858. The highest BCUT2D eigenvalue weighted by atomic mass is 15.1. The van der Waals surface area contributed by atoms with Gasteiger partial charge in [-0.05, 0) is 0 Å². The molecule has 0 bridgehead atoms. The van der Waals surface area contributed by atoms with Gasteiger partial charge in [-0.15, -0.1) is 0 Å². The van der Waals surface area contributed by atoms with Crippen LogP contribution in [0.15, 0.2) is 37.2 Å². The molecule has 0 radical (unpaired) electrons. The average Bonchev–Trinajstić information content (AvgIpc) is 2.21. The van der Waals surface area contributed by atoms with E-state index >= 15 is 0 Å². The van der Waals surface area contributed by atoms with Crippen molar-refractivity contribution in [3.8, 4) is 0 Å². The Labute approximate surface area is 74.9 Å². The first-order chi connectivity index (χ1) is 6.45. The molecule has 0 saturated carbocycles. The van der Waals surface area contributed by atoms with Gasteiger partial charge in [0.25, 0.3) is 0 Å². The van der Waals surface area contributed by atoms with Crippen LogP contribution in [0.1, 0.15) is 0 Å². The quantitative estimate of drug-likeness (QED) is 0.734. The Bertz CT molecular complexity index is 323. The molecule has 0 saturated heterocycles. The molecule has 0 aromatic carbocycles. The lowest BCUT2D eigenvalue weighted by atomic mass is 10.6. The summed E-state index contributed by atoms with van der Waals surface area (Å²) in [4.78, 5) is 15.9. The Morgan fingerprint density at radius 1 is 0.769 bits per heavy atom. The summed E-state index contributed by atoms with van der Waals surface area (Å²) in [5.74, 6) is 1.31. The Hall–Kier alpha value is -2.04. The Morgan fingerprint density at radius 2 is 1.31 bits per heavy atom. The van der Waals surface area contributed by atoms with Crippen molar-refractivity contribution in [2.24, 2.45) is 0 Å². The lowest BCUT2D eigenvalue weighted by molar-refractivity contribution is 1.15. The van der Waals surface area contributed by atoms with Crippen LogP contribution in [-0.2, 0) is 0 Å². The Morgan fingerprint density at radius 3 is 1.69 bits per heavy atom. The fraction of sp³-hybridized carbons (Fsp3) is 0. The summed E-state index contributed by atoms with van der Waals surface area (Å²) in [6.45, 7) is 0. The number of nitrogens with one attached hydrogen (secondary N) is 1. The van der Waals surface area contributed by atoms with E-state index in [0.717, 1.165) is 0 Å². The molecule has 0 amide bonds. The lowest BCUT2D eigenvalue weighted by Gasteiger charge is -2.01. The predicted molar refractivity (Wildman–Crippen MR) is 47.3 cm³/mol. The molecule has 0 aliphatic rings. The molecule has 13 heavy (non-hydrogen) atoms. The number of nitrogens with zero attached hydrogens (tertiary/aromatic N) is 4. The van der Waals surface area contributed by atoms with E-state index in [-0.39, 0.29) is 0 Å². The molecule has 2 aromatic rings. The number of rotatable bonds is 2. The molecule has 5 heteroatoms. The minimum absolute atomic E-state index is 0.656.